The van der Waals surface area contributed by atoms with Crippen molar-refractivity contribution in [2.24, 2.45) is 10.2 Å². The van der Waals surface area contributed by atoms with Gasteiger partial charge in [-0.2, -0.15) is 10.2 Å². The van der Waals surface area contributed by atoms with Crippen LogP contribution in [-0.2, 0) is 0 Å². The van der Waals surface area contributed by atoms with Crippen molar-refractivity contribution in [2.45, 2.75) is 13.3 Å². The van der Waals surface area contributed by atoms with Gasteiger partial charge in [0.2, 0.25) is 0 Å². The molecule has 2 nitrogen and oxygen atoms in total. The minimum absolute atomic E-state index is 0.549. The summed E-state index contributed by atoms with van der Waals surface area (Å²) in [6.07, 6.45) is 6.31. The van der Waals surface area contributed by atoms with E-state index in [1.165, 1.54) is 0 Å². The fraction of sp³-hybridized carbons (Fsp3) is 0.125. The van der Waals surface area contributed by atoms with Crippen LogP contribution in [0.2, 0.25) is 0 Å². The Labute approximate surface area is 109 Å². The highest BCUT2D eigenvalue weighted by atomic mass is 15.1. The van der Waals surface area contributed by atoms with E-state index in [0.29, 0.717) is 5.70 Å². The molecule has 0 aliphatic rings. The van der Waals surface area contributed by atoms with E-state index >= 15 is 0 Å². The number of benzene rings is 1. The maximum Gasteiger partial charge on any atom is 0.0895 e. The quantitative estimate of drug-likeness (QED) is 0.478. The summed E-state index contributed by atoms with van der Waals surface area (Å²) in [6, 6.07) is 7.96. The Morgan fingerprint density at radius 2 is 1.94 bits per heavy atom. The first-order chi connectivity index (χ1) is 8.72. The molecule has 1 aromatic rings. The van der Waals surface area contributed by atoms with E-state index in [0.717, 1.165) is 23.2 Å². The summed E-state index contributed by atoms with van der Waals surface area (Å²) in [5.41, 5.74) is 3.44. The van der Waals surface area contributed by atoms with Gasteiger partial charge in [0.25, 0.3) is 0 Å². The van der Waals surface area contributed by atoms with E-state index in [9.17, 15) is 0 Å². The van der Waals surface area contributed by atoms with E-state index in [4.69, 9.17) is 0 Å². The summed E-state index contributed by atoms with van der Waals surface area (Å²) in [5, 5.41) is 8.25. The predicted octanol–water partition coefficient (Wildman–Crippen LogP) is 5.23. The molecule has 0 heterocycles. The van der Waals surface area contributed by atoms with Crippen LogP contribution in [0.15, 0.2) is 72.1 Å². The zero-order chi connectivity index (χ0) is 13.4. The zero-order valence-electron chi connectivity index (χ0n) is 10.8. The molecule has 0 unspecified atom stereocenters. The molecular weight excluding hydrogens is 220 g/mol. The summed E-state index contributed by atoms with van der Waals surface area (Å²) < 4.78 is 0. The lowest BCUT2D eigenvalue weighted by Gasteiger charge is -2.05. The van der Waals surface area contributed by atoms with Crippen molar-refractivity contribution < 1.29 is 0 Å². The molecule has 0 fully saturated rings. The first-order valence-corrected chi connectivity index (χ1v) is 5.88. The maximum absolute atomic E-state index is 4.23. The van der Waals surface area contributed by atoms with E-state index < -0.39 is 0 Å². The monoisotopic (exact) mass is 238 g/mol. The van der Waals surface area contributed by atoms with Crippen molar-refractivity contribution in [3.63, 3.8) is 0 Å². The van der Waals surface area contributed by atoms with Crippen LogP contribution in [0.3, 0.4) is 0 Å². The van der Waals surface area contributed by atoms with Gasteiger partial charge in [-0.3, -0.25) is 0 Å². The molecule has 0 amide bonds. The normalized spacial score (nSPS) is 11.5. The number of hydrogen-bond donors (Lipinski definition) is 0. The van der Waals surface area contributed by atoms with E-state index in [-0.39, 0.29) is 0 Å². The number of allylic oxidation sites excluding steroid dienone is 2. The van der Waals surface area contributed by atoms with Crippen LogP contribution in [0.4, 0.5) is 0 Å². The number of azo groups is 1. The van der Waals surface area contributed by atoms with Crippen LogP contribution in [0.25, 0.3) is 11.8 Å². The van der Waals surface area contributed by atoms with Crippen LogP contribution in [0.5, 0.6) is 0 Å². The van der Waals surface area contributed by atoms with Crippen molar-refractivity contribution in [1.82, 2.24) is 0 Å². The second-order valence-corrected chi connectivity index (χ2v) is 3.68. The number of nitrogens with zero attached hydrogens (tertiary/aromatic N) is 2. The summed E-state index contributed by atoms with van der Waals surface area (Å²) >= 11 is 0. The van der Waals surface area contributed by atoms with E-state index in [1.807, 2.05) is 36.4 Å². The second-order valence-electron chi connectivity index (χ2n) is 3.68. The average molecular weight is 238 g/mol. The van der Waals surface area contributed by atoms with E-state index in [2.05, 4.69) is 36.9 Å². The SMILES string of the molecule is C=CC(=C)N=N/C(=C/CC)c1ccccc1C=C. The minimum atomic E-state index is 0.549. The van der Waals surface area contributed by atoms with Gasteiger partial charge in [0, 0.05) is 5.56 Å². The lowest BCUT2D eigenvalue weighted by atomic mass is 10.0. The Bertz CT molecular complexity index is 508. The largest absolute Gasteiger partial charge is 0.151 e. The van der Waals surface area contributed by atoms with Crippen molar-refractivity contribution >= 4 is 11.8 Å². The average Bonchev–Trinajstić information content (AvgIpc) is 2.43. The van der Waals surface area contributed by atoms with Gasteiger partial charge in [-0.1, -0.05) is 63.1 Å². The fourth-order valence-electron chi connectivity index (χ4n) is 1.47. The predicted molar refractivity (Wildman–Crippen MR) is 79.0 cm³/mol. The molecule has 0 bridgehead atoms. The highest BCUT2D eigenvalue weighted by Crippen LogP contribution is 2.22. The molecule has 2 heteroatoms. The van der Waals surface area contributed by atoms with Crippen LogP contribution in [0.1, 0.15) is 24.5 Å². The number of hydrogen-bond acceptors (Lipinski definition) is 2. The molecule has 1 rings (SSSR count). The van der Waals surface area contributed by atoms with Crippen LogP contribution in [-0.4, -0.2) is 0 Å². The lowest BCUT2D eigenvalue weighted by molar-refractivity contribution is 1.15. The summed E-state index contributed by atoms with van der Waals surface area (Å²) in [7, 11) is 0. The van der Waals surface area contributed by atoms with Crippen LogP contribution in [0, 0.1) is 0 Å². The molecule has 0 aliphatic carbocycles. The molecule has 0 aliphatic heterocycles. The third-order valence-corrected chi connectivity index (χ3v) is 2.38. The molecule has 0 radical (unpaired) electrons. The van der Waals surface area contributed by atoms with Gasteiger partial charge in [-0.05, 0) is 18.1 Å². The summed E-state index contributed by atoms with van der Waals surface area (Å²) in [5.74, 6) is 0. The topological polar surface area (TPSA) is 24.7 Å². The van der Waals surface area contributed by atoms with Gasteiger partial charge in [0.05, 0.1) is 11.4 Å². The molecule has 0 spiro atoms. The molecule has 0 saturated heterocycles. The molecule has 0 aromatic heterocycles. The molecular formula is C16H18N2. The first kappa shape index (κ1) is 13.8. The standard InChI is InChI=1S/C16H18N2/c1-5-10-16(18-17-13(4)6-2)15-12-9-8-11-14(15)7-3/h6-12H,2-5H2,1H3/b16-10+,18-17?. The Morgan fingerprint density at radius 1 is 1.22 bits per heavy atom. The van der Waals surface area contributed by atoms with Gasteiger partial charge in [0.15, 0.2) is 0 Å². The first-order valence-electron chi connectivity index (χ1n) is 5.88. The summed E-state index contributed by atoms with van der Waals surface area (Å²) in [4.78, 5) is 0. The highest BCUT2D eigenvalue weighted by Gasteiger charge is 2.03. The minimum Gasteiger partial charge on any atom is -0.151 e. The molecule has 0 saturated carbocycles. The third kappa shape index (κ3) is 3.67. The van der Waals surface area contributed by atoms with Crippen molar-refractivity contribution in [1.29, 1.82) is 0 Å². The zero-order valence-corrected chi connectivity index (χ0v) is 10.8. The molecule has 0 atom stereocenters. The Hall–Kier alpha value is -2.22. The smallest absolute Gasteiger partial charge is 0.0895 e. The molecule has 18 heavy (non-hydrogen) atoms. The highest BCUT2D eigenvalue weighted by molar-refractivity contribution is 5.72. The number of rotatable bonds is 6. The van der Waals surface area contributed by atoms with Crippen molar-refractivity contribution in [3.05, 3.63) is 73.0 Å². The van der Waals surface area contributed by atoms with Gasteiger partial charge in [-0.15, -0.1) is 0 Å². The Morgan fingerprint density at radius 3 is 2.56 bits per heavy atom. The summed E-state index contributed by atoms with van der Waals surface area (Å²) in [6.45, 7) is 13.2. The lowest BCUT2D eigenvalue weighted by Crippen LogP contribution is -1.86. The van der Waals surface area contributed by atoms with Crippen LogP contribution < -0.4 is 0 Å². The Balaban J connectivity index is 3.17. The van der Waals surface area contributed by atoms with Gasteiger partial charge < -0.3 is 0 Å². The molecule has 0 N–H and O–H groups in total. The van der Waals surface area contributed by atoms with Crippen molar-refractivity contribution in [3.8, 4) is 0 Å². The van der Waals surface area contributed by atoms with Crippen molar-refractivity contribution in [2.75, 3.05) is 0 Å². The third-order valence-electron chi connectivity index (χ3n) is 2.38. The van der Waals surface area contributed by atoms with Gasteiger partial charge in [0.1, 0.15) is 0 Å². The molecule has 92 valence electrons. The Kier molecular flexibility index (Phi) is 5.52. The molecule has 1 aromatic carbocycles. The maximum atomic E-state index is 4.23. The second kappa shape index (κ2) is 7.17. The van der Waals surface area contributed by atoms with Gasteiger partial charge >= 0.3 is 0 Å². The van der Waals surface area contributed by atoms with E-state index in [1.54, 1.807) is 6.08 Å². The van der Waals surface area contributed by atoms with Crippen LogP contribution >= 0.6 is 0 Å². The fourth-order valence-corrected chi connectivity index (χ4v) is 1.47. The van der Waals surface area contributed by atoms with Gasteiger partial charge in [-0.25, -0.2) is 0 Å².